The highest BCUT2D eigenvalue weighted by Crippen LogP contribution is 2.33. The third-order valence-corrected chi connectivity index (χ3v) is 6.26. The zero-order valence-electron chi connectivity index (χ0n) is 14.1. The van der Waals surface area contributed by atoms with E-state index in [4.69, 9.17) is 4.74 Å². The molecule has 3 rings (SSSR count). The van der Waals surface area contributed by atoms with Crippen molar-refractivity contribution in [2.75, 3.05) is 39.4 Å². The third-order valence-electron chi connectivity index (χ3n) is 5.03. The van der Waals surface area contributed by atoms with Gasteiger partial charge in [-0.15, -0.1) is 11.3 Å². The Morgan fingerprint density at radius 1 is 1.43 bits per heavy atom. The van der Waals surface area contributed by atoms with Gasteiger partial charge in [-0.25, -0.2) is 0 Å². The molecule has 1 N–H and O–H groups in total. The van der Waals surface area contributed by atoms with Crippen molar-refractivity contribution in [2.24, 2.45) is 5.92 Å². The molecule has 0 bridgehead atoms. The van der Waals surface area contributed by atoms with E-state index in [1.165, 1.54) is 23.3 Å². The van der Waals surface area contributed by atoms with Crippen LogP contribution in [-0.2, 0) is 17.6 Å². The molecular weight excluding hydrogens is 308 g/mol. The SMILES string of the molecule is CC[C@H]1CCc2sc(C(=O)NCCCN3CCOCC3)cc2C1. The smallest absolute Gasteiger partial charge is 0.261 e. The van der Waals surface area contributed by atoms with Crippen LogP contribution in [-0.4, -0.2) is 50.2 Å². The van der Waals surface area contributed by atoms with Gasteiger partial charge in [0.05, 0.1) is 18.1 Å². The fraction of sp³-hybridized carbons (Fsp3) is 0.722. The van der Waals surface area contributed by atoms with Gasteiger partial charge in [0.2, 0.25) is 0 Å². The van der Waals surface area contributed by atoms with E-state index >= 15 is 0 Å². The van der Waals surface area contributed by atoms with E-state index in [2.05, 4.69) is 23.2 Å². The first-order chi connectivity index (χ1) is 11.3. The molecule has 1 amide bonds. The van der Waals surface area contributed by atoms with Gasteiger partial charge in [0.1, 0.15) is 0 Å². The largest absolute Gasteiger partial charge is 0.379 e. The number of nitrogens with zero attached hydrogens (tertiary/aromatic N) is 1. The molecule has 1 saturated heterocycles. The van der Waals surface area contributed by atoms with Crippen molar-refractivity contribution >= 4 is 17.2 Å². The van der Waals surface area contributed by atoms with Crippen molar-refractivity contribution in [3.05, 3.63) is 21.4 Å². The quantitative estimate of drug-likeness (QED) is 0.812. The van der Waals surface area contributed by atoms with E-state index in [-0.39, 0.29) is 5.91 Å². The molecule has 0 saturated carbocycles. The Labute approximate surface area is 143 Å². The first-order valence-corrected chi connectivity index (χ1v) is 9.77. The zero-order valence-corrected chi connectivity index (χ0v) is 14.9. The number of hydrogen-bond acceptors (Lipinski definition) is 4. The Morgan fingerprint density at radius 2 is 2.26 bits per heavy atom. The highest BCUT2D eigenvalue weighted by Gasteiger charge is 2.21. The second-order valence-electron chi connectivity index (χ2n) is 6.64. The monoisotopic (exact) mass is 336 g/mol. The first-order valence-electron chi connectivity index (χ1n) is 8.96. The predicted molar refractivity (Wildman–Crippen MR) is 94.3 cm³/mol. The second-order valence-corrected chi connectivity index (χ2v) is 7.78. The molecule has 2 aliphatic rings. The maximum absolute atomic E-state index is 12.3. The summed E-state index contributed by atoms with van der Waals surface area (Å²) in [6.07, 6.45) is 5.85. The summed E-state index contributed by atoms with van der Waals surface area (Å²) in [5.41, 5.74) is 1.42. The predicted octanol–water partition coefficient (Wildman–Crippen LogP) is 2.72. The first kappa shape index (κ1) is 16.9. The van der Waals surface area contributed by atoms with Crippen molar-refractivity contribution in [1.29, 1.82) is 0 Å². The van der Waals surface area contributed by atoms with Gasteiger partial charge < -0.3 is 10.1 Å². The summed E-state index contributed by atoms with van der Waals surface area (Å²) in [6.45, 7) is 7.79. The maximum atomic E-state index is 12.3. The number of rotatable bonds is 6. The molecule has 23 heavy (non-hydrogen) atoms. The number of nitrogens with one attached hydrogen (secondary N) is 1. The van der Waals surface area contributed by atoms with Crippen LogP contribution in [0.3, 0.4) is 0 Å². The van der Waals surface area contributed by atoms with Crippen LogP contribution in [0.15, 0.2) is 6.07 Å². The Hall–Kier alpha value is -0.910. The number of carbonyl (C=O) groups is 1. The lowest BCUT2D eigenvalue weighted by Gasteiger charge is -2.26. The van der Waals surface area contributed by atoms with Gasteiger partial charge in [-0.3, -0.25) is 9.69 Å². The minimum absolute atomic E-state index is 0.111. The Bertz CT molecular complexity index is 523. The average Bonchev–Trinajstić information content (AvgIpc) is 3.02. The molecule has 0 radical (unpaired) electrons. The molecule has 1 fully saturated rings. The normalized spacial score (nSPS) is 21.9. The molecule has 1 aromatic heterocycles. The minimum atomic E-state index is 0.111. The fourth-order valence-electron chi connectivity index (χ4n) is 3.48. The molecule has 0 unspecified atom stereocenters. The lowest BCUT2D eigenvalue weighted by atomic mass is 9.87. The highest BCUT2D eigenvalue weighted by atomic mass is 32.1. The van der Waals surface area contributed by atoms with E-state index in [9.17, 15) is 4.79 Å². The standard InChI is InChI=1S/C18H28N2O2S/c1-2-14-4-5-16-15(12-14)13-17(23-16)18(21)19-6-3-7-20-8-10-22-11-9-20/h13-14H,2-12H2,1H3,(H,19,21)/t14-/m0/s1. The van der Waals surface area contributed by atoms with Crippen LogP contribution in [0.25, 0.3) is 0 Å². The van der Waals surface area contributed by atoms with Crippen LogP contribution in [0.1, 0.15) is 46.3 Å². The molecule has 4 nitrogen and oxygen atoms in total. The molecule has 0 spiro atoms. The Balaban J connectivity index is 1.42. The van der Waals surface area contributed by atoms with Crippen LogP contribution in [0, 0.1) is 5.92 Å². The Kier molecular flexibility index (Phi) is 6.08. The summed E-state index contributed by atoms with van der Waals surface area (Å²) < 4.78 is 5.35. The number of hydrogen-bond donors (Lipinski definition) is 1. The summed E-state index contributed by atoms with van der Waals surface area (Å²) in [5.74, 6) is 0.918. The third kappa shape index (κ3) is 4.55. The summed E-state index contributed by atoms with van der Waals surface area (Å²) in [7, 11) is 0. The van der Waals surface area contributed by atoms with Gasteiger partial charge in [0.15, 0.2) is 0 Å². The van der Waals surface area contributed by atoms with E-state index in [0.29, 0.717) is 0 Å². The molecule has 128 valence electrons. The molecule has 0 aromatic carbocycles. The van der Waals surface area contributed by atoms with Gasteiger partial charge in [-0.2, -0.15) is 0 Å². The number of aryl methyl sites for hydroxylation is 1. The number of carbonyl (C=O) groups excluding carboxylic acids is 1. The minimum Gasteiger partial charge on any atom is -0.379 e. The fourth-order valence-corrected chi connectivity index (χ4v) is 4.60. The molecule has 1 atom stereocenters. The number of ether oxygens (including phenoxy) is 1. The summed E-state index contributed by atoms with van der Waals surface area (Å²) >= 11 is 1.70. The number of morpholine rings is 1. The van der Waals surface area contributed by atoms with Crippen molar-refractivity contribution < 1.29 is 9.53 Å². The van der Waals surface area contributed by atoms with Crippen molar-refractivity contribution in [3.8, 4) is 0 Å². The van der Waals surface area contributed by atoms with Crippen molar-refractivity contribution in [3.63, 3.8) is 0 Å². The lowest BCUT2D eigenvalue weighted by molar-refractivity contribution is 0.0374. The van der Waals surface area contributed by atoms with Crippen LogP contribution < -0.4 is 5.32 Å². The van der Waals surface area contributed by atoms with Crippen LogP contribution in [0.4, 0.5) is 0 Å². The van der Waals surface area contributed by atoms with Crippen LogP contribution >= 0.6 is 11.3 Å². The van der Waals surface area contributed by atoms with Crippen LogP contribution in [0.5, 0.6) is 0 Å². The van der Waals surface area contributed by atoms with Gasteiger partial charge in [-0.05, 0) is 49.8 Å². The molecule has 1 aliphatic carbocycles. The Morgan fingerprint density at radius 3 is 3.04 bits per heavy atom. The van der Waals surface area contributed by atoms with E-state index in [1.54, 1.807) is 11.3 Å². The number of thiophene rings is 1. The van der Waals surface area contributed by atoms with Gasteiger partial charge >= 0.3 is 0 Å². The zero-order chi connectivity index (χ0) is 16.1. The summed E-state index contributed by atoms with van der Waals surface area (Å²) in [6, 6.07) is 2.14. The second kappa shape index (κ2) is 8.27. The van der Waals surface area contributed by atoms with E-state index < -0.39 is 0 Å². The van der Waals surface area contributed by atoms with Crippen LogP contribution in [0.2, 0.25) is 0 Å². The number of amides is 1. The molecule has 5 heteroatoms. The molecule has 1 aliphatic heterocycles. The lowest BCUT2D eigenvalue weighted by Crippen LogP contribution is -2.38. The van der Waals surface area contributed by atoms with E-state index in [1.807, 2.05) is 0 Å². The van der Waals surface area contributed by atoms with Gasteiger partial charge in [-0.1, -0.05) is 13.3 Å². The topological polar surface area (TPSA) is 41.6 Å². The maximum Gasteiger partial charge on any atom is 0.261 e. The highest BCUT2D eigenvalue weighted by molar-refractivity contribution is 7.14. The van der Waals surface area contributed by atoms with Crippen molar-refractivity contribution in [2.45, 2.75) is 39.0 Å². The van der Waals surface area contributed by atoms with Crippen molar-refractivity contribution in [1.82, 2.24) is 10.2 Å². The summed E-state index contributed by atoms with van der Waals surface area (Å²) in [4.78, 5) is 17.1. The molecule has 1 aromatic rings. The molecular formula is C18H28N2O2S. The summed E-state index contributed by atoms with van der Waals surface area (Å²) in [5, 5.41) is 3.09. The molecule has 2 heterocycles. The van der Waals surface area contributed by atoms with Gasteiger partial charge in [0.25, 0.3) is 5.91 Å². The van der Waals surface area contributed by atoms with E-state index in [0.717, 1.165) is 69.5 Å². The van der Waals surface area contributed by atoms with Gasteiger partial charge in [0, 0.05) is 24.5 Å². The number of fused-ring (bicyclic) bond motifs is 1. The average molecular weight is 337 g/mol.